The van der Waals surface area contributed by atoms with Crippen LogP contribution in [0.25, 0.3) is 0 Å². The first kappa shape index (κ1) is 19.4. The summed E-state index contributed by atoms with van der Waals surface area (Å²) in [7, 11) is 0. The highest BCUT2D eigenvalue weighted by Crippen LogP contribution is 2.19. The number of rotatable bonds is 5. The second-order valence-electron chi connectivity index (χ2n) is 6.12. The number of carbonyl (C=O) groups excluding carboxylic acids is 3. The van der Waals surface area contributed by atoms with Crippen LogP contribution in [0.15, 0.2) is 18.2 Å². The van der Waals surface area contributed by atoms with Crippen LogP contribution < -0.4 is 16.4 Å². The van der Waals surface area contributed by atoms with Crippen LogP contribution in [0.5, 0.6) is 0 Å². The molecule has 8 heteroatoms. The number of carbonyl (C=O) groups is 3. The van der Waals surface area contributed by atoms with E-state index < -0.39 is 40.9 Å². The Morgan fingerprint density at radius 1 is 1.29 bits per heavy atom. The van der Waals surface area contributed by atoms with E-state index in [1.807, 2.05) is 0 Å². The van der Waals surface area contributed by atoms with Crippen molar-refractivity contribution in [1.29, 1.82) is 0 Å². The molecule has 24 heavy (non-hydrogen) atoms. The number of amides is 3. The average molecular weight is 339 g/mol. The average Bonchev–Trinajstić information content (AvgIpc) is 2.42. The zero-order valence-corrected chi connectivity index (χ0v) is 14.1. The van der Waals surface area contributed by atoms with Gasteiger partial charge in [0.1, 0.15) is 17.5 Å². The molecule has 0 saturated carbocycles. The molecular formula is C16H22FN3O4. The van der Waals surface area contributed by atoms with E-state index in [0.29, 0.717) is 0 Å². The van der Waals surface area contributed by atoms with E-state index in [0.717, 1.165) is 6.07 Å². The van der Waals surface area contributed by atoms with Gasteiger partial charge in [-0.3, -0.25) is 9.59 Å². The highest BCUT2D eigenvalue weighted by Gasteiger charge is 2.24. The third-order valence-corrected chi connectivity index (χ3v) is 2.93. The lowest BCUT2D eigenvalue weighted by molar-refractivity contribution is -0.118. The molecule has 4 N–H and O–H groups in total. The fourth-order valence-electron chi connectivity index (χ4n) is 1.90. The normalized spacial score (nSPS) is 12.2. The van der Waals surface area contributed by atoms with Gasteiger partial charge in [0.05, 0.1) is 11.3 Å². The highest BCUT2D eigenvalue weighted by atomic mass is 19.1. The summed E-state index contributed by atoms with van der Waals surface area (Å²) in [6, 6.07) is 2.83. The SMILES string of the molecule is CCC(NC(=O)OC(C)(C)C)C(=O)Nc1cccc(F)c1C(N)=O. The largest absolute Gasteiger partial charge is 0.444 e. The Labute approximate surface area is 139 Å². The van der Waals surface area contributed by atoms with Gasteiger partial charge < -0.3 is 21.1 Å². The Morgan fingerprint density at radius 3 is 2.42 bits per heavy atom. The Balaban J connectivity index is 2.88. The van der Waals surface area contributed by atoms with Crippen LogP contribution >= 0.6 is 0 Å². The maximum Gasteiger partial charge on any atom is 0.408 e. The minimum atomic E-state index is -1.00. The molecule has 132 valence electrons. The number of alkyl carbamates (subject to hydrolysis) is 1. The quantitative estimate of drug-likeness (QED) is 0.763. The lowest BCUT2D eigenvalue weighted by Crippen LogP contribution is -2.45. The van der Waals surface area contributed by atoms with Crippen LogP contribution in [0, 0.1) is 5.82 Å². The number of hydrogen-bond donors (Lipinski definition) is 3. The van der Waals surface area contributed by atoms with Gasteiger partial charge in [-0.1, -0.05) is 13.0 Å². The van der Waals surface area contributed by atoms with Gasteiger partial charge in [0.2, 0.25) is 5.91 Å². The van der Waals surface area contributed by atoms with Gasteiger partial charge in [0.25, 0.3) is 5.91 Å². The first-order valence-electron chi connectivity index (χ1n) is 7.44. The summed E-state index contributed by atoms with van der Waals surface area (Å²) in [4.78, 5) is 35.4. The summed E-state index contributed by atoms with van der Waals surface area (Å²) >= 11 is 0. The van der Waals surface area contributed by atoms with Crippen LogP contribution in [0.1, 0.15) is 44.5 Å². The number of halogens is 1. The smallest absolute Gasteiger partial charge is 0.408 e. The zero-order valence-electron chi connectivity index (χ0n) is 14.1. The Morgan fingerprint density at radius 2 is 1.92 bits per heavy atom. The van der Waals surface area contributed by atoms with Gasteiger partial charge in [0.15, 0.2) is 0 Å². The fraction of sp³-hybridized carbons (Fsp3) is 0.438. The van der Waals surface area contributed by atoms with E-state index in [1.54, 1.807) is 27.7 Å². The first-order valence-corrected chi connectivity index (χ1v) is 7.44. The monoisotopic (exact) mass is 339 g/mol. The summed E-state index contributed by atoms with van der Waals surface area (Å²) in [5, 5.41) is 4.83. The predicted octanol–water partition coefficient (Wildman–Crippen LogP) is 2.17. The molecular weight excluding hydrogens is 317 g/mol. The molecule has 0 aliphatic heterocycles. The zero-order chi connectivity index (χ0) is 18.5. The van der Waals surface area contributed by atoms with Crippen LogP contribution in [-0.2, 0) is 9.53 Å². The number of anilines is 1. The number of nitrogens with one attached hydrogen (secondary N) is 2. The Bertz CT molecular complexity index is 641. The van der Waals surface area contributed by atoms with Crippen LogP contribution in [-0.4, -0.2) is 29.6 Å². The fourth-order valence-corrected chi connectivity index (χ4v) is 1.90. The van der Waals surface area contributed by atoms with Gasteiger partial charge >= 0.3 is 6.09 Å². The van der Waals surface area contributed by atoms with Gasteiger partial charge in [0, 0.05) is 0 Å². The predicted molar refractivity (Wildman–Crippen MR) is 87.0 cm³/mol. The van der Waals surface area contributed by atoms with Crippen molar-refractivity contribution in [2.24, 2.45) is 5.73 Å². The summed E-state index contributed by atoms with van der Waals surface area (Å²) in [6.07, 6.45) is -0.481. The molecule has 0 aliphatic rings. The van der Waals surface area contributed by atoms with Gasteiger partial charge in [-0.25, -0.2) is 9.18 Å². The molecule has 0 spiro atoms. The molecule has 3 amide bonds. The van der Waals surface area contributed by atoms with Crippen LogP contribution in [0.3, 0.4) is 0 Å². The van der Waals surface area contributed by atoms with Crippen molar-refractivity contribution in [1.82, 2.24) is 5.32 Å². The minimum absolute atomic E-state index is 0.0584. The molecule has 1 aromatic rings. The molecule has 0 fully saturated rings. The van der Waals surface area contributed by atoms with E-state index in [2.05, 4.69) is 10.6 Å². The van der Waals surface area contributed by atoms with Crippen molar-refractivity contribution in [2.75, 3.05) is 5.32 Å². The molecule has 0 aliphatic carbocycles. The van der Waals surface area contributed by atoms with E-state index in [1.165, 1.54) is 12.1 Å². The van der Waals surface area contributed by atoms with E-state index in [4.69, 9.17) is 10.5 Å². The highest BCUT2D eigenvalue weighted by molar-refractivity contribution is 6.04. The van der Waals surface area contributed by atoms with Crippen LogP contribution in [0.2, 0.25) is 0 Å². The van der Waals surface area contributed by atoms with Crippen molar-refractivity contribution in [3.8, 4) is 0 Å². The van der Waals surface area contributed by atoms with Crippen molar-refractivity contribution in [3.63, 3.8) is 0 Å². The van der Waals surface area contributed by atoms with Crippen molar-refractivity contribution < 1.29 is 23.5 Å². The van der Waals surface area contributed by atoms with Crippen LogP contribution in [0.4, 0.5) is 14.9 Å². The molecule has 1 unspecified atom stereocenters. The number of primary amides is 1. The van der Waals surface area contributed by atoms with Gasteiger partial charge in [-0.15, -0.1) is 0 Å². The first-order chi connectivity index (χ1) is 11.0. The lowest BCUT2D eigenvalue weighted by atomic mass is 10.1. The number of nitrogens with two attached hydrogens (primary N) is 1. The van der Waals surface area contributed by atoms with Crippen molar-refractivity contribution >= 4 is 23.6 Å². The molecule has 0 heterocycles. The third kappa shape index (κ3) is 5.53. The van der Waals surface area contributed by atoms with E-state index in [9.17, 15) is 18.8 Å². The summed E-state index contributed by atoms with van der Waals surface area (Å²) in [5.74, 6) is -2.46. The van der Waals surface area contributed by atoms with Gasteiger partial charge in [-0.05, 0) is 39.3 Å². The topological polar surface area (TPSA) is 111 Å². The number of benzene rings is 1. The summed E-state index contributed by atoms with van der Waals surface area (Å²) in [6.45, 7) is 6.76. The minimum Gasteiger partial charge on any atom is -0.444 e. The maximum atomic E-state index is 13.7. The van der Waals surface area contributed by atoms with Crippen molar-refractivity contribution in [3.05, 3.63) is 29.6 Å². The third-order valence-electron chi connectivity index (χ3n) is 2.93. The number of hydrogen-bond acceptors (Lipinski definition) is 4. The second kappa shape index (κ2) is 7.76. The van der Waals surface area contributed by atoms with Gasteiger partial charge in [-0.2, -0.15) is 0 Å². The molecule has 1 aromatic carbocycles. The Hall–Kier alpha value is -2.64. The van der Waals surface area contributed by atoms with E-state index in [-0.39, 0.29) is 12.1 Å². The van der Waals surface area contributed by atoms with E-state index >= 15 is 0 Å². The summed E-state index contributed by atoms with van der Waals surface area (Å²) < 4.78 is 18.8. The molecule has 1 rings (SSSR count). The second-order valence-corrected chi connectivity index (χ2v) is 6.12. The number of ether oxygens (including phenoxy) is 1. The molecule has 1 atom stereocenters. The molecule has 0 radical (unpaired) electrons. The molecule has 7 nitrogen and oxygen atoms in total. The lowest BCUT2D eigenvalue weighted by Gasteiger charge is -2.23. The standard InChI is InChI=1S/C16H22FN3O4/c1-5-10(20-15(23)24-16(2,3)4)14(22)19-11-8-6-7-9(17)12(11)13(18)21/h6-8,10H,5H2,1-4H3,(H2,18,21)(H,19,22)(H,20,23). The molecule has 0 saturated heterocycles. The Kier molecular flexibility index (Phi) is 6.27. The van der Waals surface area contributed by atoms with Crippen molar-refractivity contribution in [2.45, 2.75) is 45.8 Å². The molecule has 0 aromatic heterocycles. The summed E-state index contributed by atoms with van der Waals surface area (Å²) in [5.41, 5.74) is 3.95. The molecule has 0 bridgehead atoms. The maximum absolute atomic E-state index is 13.7.